The van der Waals surface area contributed by atoms with E-state index in [4.69, 9.17) is 9.97 Å². The molecule has 0 amide bonds. The van der Waals surface area contributed by atoms with E-state index in [2.05, 4.69) is 30.1 Å². The summed E-state index contributed by atoms with van der Waals surface area (Å²) in [6.45, 7) is 0. The number of benzene rings is 1. The van der Waals surface area contributed by atoms with Crippen molar-refractivity contribution in [2.75, 3.05) is 0 Å². The minimum absolute atomic E-state index is 0.308. The molecular formula is C22H13FN8. The number of hydrogen-bond donors (Lipinski definition) is 2. The van der Waals surface area contributed by atoms with Crippen LogP contribution in [0.1, 0.15) is 0 Å². The van der Waals surface area contributed by atoms with Crippen LogP contribution in [0.15, 0.2) is 67.3 Å². The van der Waals surface area contributed by atoms with Gasteiger partial charge in [-0.1, -0.05) is 12.1 Å². The van der Waals surface area contributed by atoms with E-state index >= 15 is 0 Å². The Morgan fingerprint density at radius 1 is 0.839 bits per heavy atom. The number of pyridine rings is 2. The summed E-state index contributed by atoms with van der Waals surface area (Å²) >= 11 is 0. The van der Waals surface area contributed by atoms with Crippen molar-refractivity contribution in [3.05, 3.63) is 73.1 Å². The van der Waals surface area contributed by atoms with Gasteiger partial charge in [0, 0.05) is 24.2 Å². The van der Waals surface area contributed by atoms with Crippen LogP contribution in [-0.2, 0) is 0 Å². The third-order valence-corrected chi connectivity index (χ3v) is 4.98. The van der Waals surface area contributed by atoms with E-state index in [1.807, 2.05) is 24.3 Å². The van der Waals surface area contributed by atoms with E-state index in [0.29, 0.717) is 39.6 Å². The van der Waals surface area contributed by atoms with E-state index in [1.165, 1.54) is 12.1 Å². The van der Waals surface area contributed by atoms with Crippen LogP contribution >= 0.6 is 0 Å². The molecule has 0 aliphatic carbocycles. The number of nitrogens with one attached hydrogen (secondary N) is 2. The van der Waals surface area contributed by atoms with Gasteiger partial charge in [-0.3, -0.25) is 15.1 Å². The highest BCUT2D eigenvalue weighted by Gasteiger charge is 2.17. The van der Waals surface area contributed by atoms with E-state index < -0.39 is 0 Å². The topological polar surface area (TPSA) is 109 Å². The Morgan fingerprint density at radius 2 is 1.81 bits per heavy atom. The molecule has 6 aromatic rings. The van der Waals surface area contributed by atoms with Gasteiger partial charge in [0.2, 0.25) is 0 Å². The lowest BCUT2D eigenvalue weighted by Crippen LogP contribution is -1.89. The first-order valence-electron chi connectivity index (χ1n) is 9.49. The van der Waals surface area contributed by atoms with Crippen LogP contribution in [-0.4, -0.2) is 40.1 Å². The molecule has 0 bridgehead atoms. The van der Waals surface area contributed by atoms with Gasteiger partial charge in [0.1, 0.15) is 22.5 Å². The summed E-state index contributed by atoms with van der Waals surface area (Å²) in [4.78, 5) is 25.4. The van der Waals surface area contributed by atoms with Gasteiger partial charge in [-0.2, -0.15) is 5.10 Å². The fourth-order valence-corrected chi connectivity index (χ4v) is 3.55. The van der Waals surface area contributed by atoms with Crippen molar-refractivity contribution in [3.8, 4) is 34.0 Å². The minimum Gasteiger partial charge on any atom is -0.321 e. The van der Waals surface area contributed by atoms with E-state index in [9.17, 15) is 4.39 Å². The smallest absolute Gasteiger partial charge is 0.162 e. The Hall–Kier alpha value is -4.53. The zero-order valence-corrected chi connectivity index (χ0v) is 15.9. The minimum atomic E-state index is -0.308. The van der Waals surface area contributed by atoms with Crippen molar-refractivity contribution in [3.63, 3.8) is 0 Å². The highest BCUT2D eigenvalue weighted by molar-refractivity contribution is 5.94. The number of aromatic nitrogens is 8. The van der Waals surface area contributed by atoms with Crippen LogP contribution in [0.2, 0.25) is 0 Å². The van der Waals surface area contributed by atoms with Crippen LogP contribution < -0.4 is 0 Å². The van der Waals surface area contributed by atoms with E-state index in [-0.39, 0.29) is 5.82 Å². The molecule has 1 aromatic carbocycles. The molecule has 8 nitrogen and oxygen atoms in total. The number of rotatable bonds is 3. The van der Waals surface area contributed by atoms with Crippen LogP contribution in [0.5, 0.6) is 0 Å². The molecule has 5 aromatic heterocycles. The molecule has 0 saturated carbocycles. The first-order valence-corrected chi connectivity index (χ1v) is 9.49. The predicted octanol–water partition coefficient (Wildman–Crippen LogP) is 4.16. The maximum absolute atomic E-state index is 13.8. The first-order chi connectivity index (χ1) is 15.3. The summed E-state index contributed by atoms with van der Waals surface area (Å²) in [6, 6.07) is 12.0. The molecule has 9 heteroatoms. The number of imidazole rings is 1. The Morgan fingerprint density at radius 3 is 2.68 bits per heavy atom. The largest absolute Gasteiger partial charge is 0.321 e. The summed E-state index contributed by atoms with van der Waals surface area (Å²) in [6.07, 6.45) is 6.56. The molecule has 0 fully saturated rings. The quantitative estimate of drug-likeness (QED) is 0.455. The van der Waals surface area contributed by atoms with Gasteiger partial charge in [-0.05, 0) is 35.9 Å². The van der Waals surface area contributed by atoms with Gasteiger partial charge in [0.25, 0.3) is 0 Å². The molecule has 0 aliphatic rings. The van der Waals surface area contributed by atoms with Gasteiger partial charge >= 0.3 is 0 Å². The van der Waals surface area contributed by atoms with Gasteiger partial charge in [-0.15, -0.1) is 0 Å². The van der Waals surface area contributed by atoms with Crippen LogP contribution in [0.3, 0.4) is 0 Å². The van der Waals surface area contributed by atoms with Crippen molar-refractivity contribution in [2.45, 2.75) is 0 Å². The highest BCUT2D eigenvalue weighted by atomic mass is 19.1. The second-order valence-corrected chi connectivity index (χ2v) is 6.91. The van der Waals surface area contributed by atoms with Crippen molar-refractivity contribution in [2.24, 2.45) is 0 Å². The molecule has 6 rings (SSSR count). The van der Waals surface area contributed by atoms with Crippen molar-refractivity contribution in [1.29, 1.82) is 0 Å². The average molecular weight is 408 g/mol. The lowest BCUT2D eigenvalue weighted by atomic mass is 10.1. The second kappa shape index (κ2) is 6.77. The number of fused-ring (bicyclic) bond motifs is 2. The zero-order valence-electron chi connectivity index (χ0n) is 15.9. The Balaban J connectivity index is 1.52. The van der Waals surface area contributed by atoms with Crippen LogP contribution in [0.25, 0.3) is 56.2 Å². The van der Waals surface area contributed by atoms with Gasteiger partial charge < -0.3 is 4.98 Å². The molecule has 0 aliphatic heterocycles. The van der Waals surface area contributed by atoms with Crippen molar-refractivity contribution in [1.82, 2.24) is 40.1 Å². The third-order valence-electron chi connectivity index (χ3n) is 4.98. The molecule has 0 unspecified atom stereocenters. The standard InChI is InChI=1S/C22H13FN8/c23-13-3-1-2-12(10-13)14-6-7-26-21-18(14)28-22(29-21)20-19-16(30-31-20)5-4-15(27-19)17-11-24-8-9-25-17/h1-11H,(H,30,31)(H,26,28,29). The SMILES string of the molecule is Fc1cccc(-c2ccnc3[nH]c(-c4n[nH]c5ccc(-c6cnccn6)nc45)nc23)c1. The maximum Gasteiger partial charge on any atom is 0.162 e. The average Bonchev–Trinajstić information content (AvgIpc) is 3.43. The Bertz CT molecular complexity index is 1550. The highest BCUT2D eigenvalue weighted by Crippen LogP contribution is 2.30. The number of halogens is 1. The van der Waals surface area contributed by atoms with Crippen LogP contribution in [0, 0.1) is 5.82 Å². The van der Waals surface area contributed by atoms with E-state index in [0.717, 1.165) is 16.6 Å². The molecule has 2 N–H and O–H groups in total. The molecule has 31 heavy (non-hydrogen) atoms. The first kappa shape index (κ1) is 17.3. The van der Waals surface area contributed by atoms with Crippen LogP contribution in [0.4, 0.5) is 4.39 Å². The Kier molecular flexibility index (Phi) is 3.79. The monoisotopic (exact) mass is 408 g/mol. The lowest BCUT2D eigenvalue weighted by molar-refractivity contribution is 0.628. The van der Waals surface area contributed by atoms with Gasteiger partial charge in [0.15, 0.2) is 17.2 Å². The summed E-state index contributed by atoms with van der Waals surface area (Å²) in [5, 5.41) is 7.39. The van der Waals surface area contributed by atoms with E-state index in [1.54, 1.807) is 30.9 Å². The summed E-state index contributed by atoms with van der Waals surface area (Å²) < 4.78 is 13.8. The van der Waals surface area contributed by atoms with Crippen molar-refractivity contribution < 1.29 is 4.39 Å². The molecule has 0 spiro atoms. The number of H-pyrrole nitrogens is 2. The fourth-order valence-electron chi connectivity index (χ4n) is 3.55. The normalized spacial score (nSPS) is 11.4. The number of aromatic amines is 2. The van der Waals surface area contributed by atoms with Gasteiger partial charge in [0.05, 0.1) is 17.4 Å². The molecule has 0 atom stereocenters. The predicted molar refractivity (Wildman–Crippen MR) is 113 cm³/mol. The lowest BCUT2D eigenvalue weighted by Gasteiger charge is -2.01. The van der Waals surface area contributed by atoms with Crippen molar-refractivity contribution >= 4 is 22.2 Å². The number of nitrogens with zero attached hydrogens (tertiary/aromatic N) is 6. The number of hydrogen-bond acceptors (Lipinski definition) is 6. The summed E-state index contributed by atoms with van der Waals surface area (Å²) in [5.41, 5.74) is 6.02. The molecular weight excluding hydrogens is 395 g/mol. The van der Waals surface area contributed by atoms with Gasteiger partial charge in [-0.25, -0.2) is 19.3 Å². The zero-order chi connectivity index (χ0) is 20.8. The second-order valence-electron chi connectivity index (χ2n) is 6.91. The fraction of sp³-hybridized carbons (Fsp3) is 0. The Labute approximate surface area is 174 Å². The maximum atomic E-state index is 13.8. The molecule has 148 valence electrons. The third kappa shape index (κ3) is 2.91. The molecule has 0 saturated heterocycles. The molecule has 5 heterocycles. The summed E-state index contributed by atoms with van der Waals surface area (Å²) in [5.74, 6) is 0.207. The summed E-state index contributed by atoms with van der Waals surface area (Å²) in [7, 11) is 0. The molecule has 0 radical (unpaired) electrons.